The molecule has 3 fully saturated rings. The van der Waals surface area contributed by atoms with Crippen LogP contribution in [0.4, 0.5) is 24.5 Å². The maximum atomic E-state index is 13.5. The van der Waals surface area contributed by atoms with Gasteiger partial charge in [0.2, 0.25) is 11.8 Å². The molecule has 5 heterocycles. The normalized spacial score (nSPS) is 20.9. The number of piperidine rings is 2. The molecule has 0 spiro atoms. The second kappa shape index (κ2) is 15.8. The molecule has 1 saturated carbocycles. The second-order valence-electron chi connectivity index (χ2n) is 17.0. The Kier molecular flexibility index (Phi) is 10.8. The minimum absolute atomic E-state index is 0.178. The summed E-state index contributed by atoms with van der Waals surface area (Å²) in [5, 5.41) is 28.3. The third kappa shape index (κ3) is 8.01. The molecular formula is C42H49F3N10O5. The monoisotopic (exact) mass is 830 g/mol. The lowest BCUT2D eigenvalue weighted by Gasteiger charge is -2.40. The van der Waals surface area contributed by atoms with Crippen LogP contribution in [0, 0.1) is 5.92 Å². The zero-order valence-corrected chi connectivity index (χ0v) is 34.0. The average molecular weight is 831 g/mol. The molecule has 0 bridgehead atoms. The number of fused-ring (bicyclic) bond motifs is 2. The molecule has 3 aliphatic rings. The molecule has 1 unspecified atom stereocenters. The zero-order valence-electron chi connectivity index (χ0n) is 34.0. The van der Waals surface area contributed by atoms with Crippen molar-refractivity contribution in [2.24, 2.45) is 13.0 Å². The molecule has 1 aliphatic carbocycles. The van der Waals surface area contributed by atoms with Crippen LogP contribution < -0.4 is 21.2 Å². The maximum Gasteiger partial charge on any atom is 0.435 e. The molecule has 1 atom stereocenters. The van der Waals surface area contributed by atoms with E-state index in [4.69, 9.17) is 5.10 Å². The Bertz CT molecular complexity index is 2510. The first kappa shape index (κ1) is 41.1. The molecular weight excluding hydrogens is 782 g/mol. The summed E-state index contributed by atoms with van der Waals surface area (Å²) in [4.78, 5) is 55.8. The van der Waals surface area contributed by atoms with Crippen LogP contribution in [-0.2, 0) is 28.4 Å². The van der Waals surface area contributed by atoms with Crippen LogP contribution in [0.5, 0.6) is 0 Å². The number of hydrogen-bond acceptors (Lipinski definition) is 10. The molecule has 5 aromatic rings. The van der Waals surface area contributed by atoms with E-state index in [1.165, 1.54) is 4.57 Å². The number of para-hydroxylation sites is 1. The zero-order chi connectivity index (χ0) is 42.7. The van der Waals surface area contributed by atoms with Gasteiger partial charge in [0.1, 0.15) is 6.04 Å². The number of rotatable bonds is 9. The molecule has 318 valence electrons. The largest absolute Gasteiger partial charge is 0.435 e. The van der Waals surface area contributed by atoms with E-state index >= 15 is 0 Å². The lowest BCUT2D eigenvalue weighted by Crippen LogP contribution is -2.45. The van der Waals surface area contributed by atoms with Crippen molar-refractivity contribution in [3.8, 4) is 0 Å². The van der Waals surface area contributed by atoms with Crippen LogP contribution in [0.3, 0.4) is 0 Å². The number of aromatic nitrogens is 6. The molecule has 15 nitrogen and oxygen atoms in total. The fourth-order valence-corrected chi connectivity index (χ4v) is 9.28. The lowest BCUT2D eigenvalue weighted by molar-refractivity contribution is -0.142. The summed E-state index contributed by atoms with van der Waals surface area (Å²) in [6.07, 6.45) is 3.64. The van der Waals surface area contributed by atoms with Crippen LogP contribution in [0.25, 0.3) is 21.9 Å². The topological polar surface area (TPSA) is 173 Å². The first-order valence-electron chi connectivity index (χ1n) is 20.4. The predicted octanol–water partition coefficient (Wildman–Crippen LogP) is 5.29. The summed E-state index contributed by atoms with van der Waals surface area (Å²) in [5.74, 6) is -0.991. The quantitative estimate of drug-likeness (QED) is 0.166. The van der Waals surface area contributed by atoms with E-state index in [9.17, 15) is 37.5 Å². The minimum atomic E-state index is -4.68. The highest BCUT2D eigenvalue weighted by Crippen LogP contribution is 2.37. The van der Waals surface area contributed by atoms with Crippen molar-refractivity contribution >= 4 is 51.0 Å². The van der Waals surface area contributed by atoms with E-state index in [1.54, 1.807) is 37.6 Å². The Balaban J connectivity index is 0.879. The smallest absolute Gasteiger partial charge is 0.386 e. The molecule has 2 aromatic carbocycles. The number of nitrogens with one attached hydrogen (secondary N) is 2. The summed E-state index contributed by atoms with van der Waals surface area (Å²) in [7, 11) is 3.94. The first-order chi connectivity index (χ1) is 28.5. The van der Waals surface area contributed by atoms with Gasteiger partial charge in [-0.3, -0.25) is 33.5 Å². The highest BCUT2D eigenvalue weighted by Gasteiger charge is 2.35. The number of hydrogen-bond donors (Lipinski definition) is 3. The van der Waals surface area contributed by atoms with Crippen molar-refractivity contribution in [1.82, 2.24) is 39.3 Å². The Morgan fingerprint density at radius 3 is 2.37 bits per heavy atom. The van der Waals surface area contributed by atoms with Gasteiger partial charge in [0.25, 0.3) is 5.91 Å². The number of amides is 3. The Labute approximate surface area is 343 Å². The number of halogens is 3. The van der Waals surface area contributed by atoms with E-state index in [-0.39, 0.29) is 29.8 Å². The molecule has 3 aromatic heterocycles. The molecule has 3 amide bonds. The second-order valence-corrected chi connectivity index (χ2v) is 17.0. The Hall–Kier alpha value is -5.62. The van der Waals surface area contributed by atoms with Gasteiger partial charge in [-0.2, -0.15) is 18.3 Å². The van der Waals surface area contributed by atoms with Crippen LogP contribution in [0.15, 0.2) is 53.5 Å². The van der Waals surface area contributed by atoms with Crippen LogP contribution in [0.2, 0.25) is 0 Å². The van der Waals surface area contributed by atoms with Crippen LogP contribution in [0.1, 0.15) is 99.0 Å². The van der Waals surface area contributed by atoms with Gasteiger partial charge in [-0.05, 0) is 108 Å². The fourth-order valence-electron chi connectivity index (χ4n) is 9.28. The van der Waals surface area contributed by atoms with E-state index in [2.05, 4.69) is 37.7 Å². The number of anilines is 2. The van der Waals surface area contributed by atoms with Gasteiger partial charge in [-0.25, -0.2) is 4.79 Å². The third-order valence-corrected chi connectivity index (χ3v) is 12.5. The number of carbonyl (C=O) groups excluding carboxylic acids is 3. The molecule has 0 radical (unpaired) electrons. The first-order valence-corrected chi connectivity index (χ1v) is 20.4. The van der Waals surface area contributed by atoms with Gasteiger partial charge in [0, 0.05) is 62.0 Å². The molecule has 3 N–H and O–H groups in total. The van der Waals surface area contributed by atoms with E-state index in [1.807, 2.05) is 29.1 Å². The number of carbonyl (C=O) groups is 3. The fraction of sp³-hybridized carbons (Fsp3) is 0.500. The minimum Gasteiger partial charge on any atom is -0.386 e. The van der Waals surface area contributed by atoms with Crippen LogP contribution >= 0.6 is 0 Å². The van der Waals surface area contributed by atoms with Crippen molar-refractivity contribution in [3.05, 3.63) is 76.1 Å². The number of imidazole rings is 1. The van der Waals surface area contributed by atoms with Crippen molar-refractivity contribution < 1.29 is 32.7 Å². The molecule has 2 saturated heterocycles. The summed E-state index contributed by atoms with van der Waals surface area (Å²) >= 11 is 0. The summed E-state index contributed by atoms with van der Waals surface area (Å²) < 4.78 is 44.0. The number of nitrogens with zero attached hydrogens (tertiary/aromatic N) is 8. The van der Waals surface area contributed by atoms with Crippen molar-refractivity contribution in [3.63, 3.8) is 0 Å². The summed E-state index contributed by atoms with van der Waals surface area (Å²) in [6, 6.07) is 10.8. The predicted molar refractivity (Wildman–Crippen MR) is 217 cm³/mol. The van der Waals surface area contributed by atoms with Gasteiger partial charge >= 0.3 is 11.9 Å². The maximum absolute atomic E-state index is 13.5. The van der Waals surface area contributed by atoms with Gasteiger partial charge in [0.15, 0.2) is 11.4 Å². The molecule has 60 heavy (non-hydrogen) atoms. The van der Waals surface area contributed by atoms with Crippen molar-refractivity contribution in [2.75, 3.05) is 36.9 Å². The number of alkyl halides is 3. The van der Waals surface area contributed by atoms with Crippen molar-refractivity contribution in [2.45, 2.75) is 95.1 Å². The highest BCUT2D eigenvalue weighted by atomic mass is 19.4. The van der Waals surface area contributed by atoms with Gasteiger partial charge in [-0.15, -0.1) is 10.2 Å². The molecule has 2 aliphatic heterocycles. The number of benzene rings is 2. The Morgan fingerprint density at radius 1 is 0.983 bits per heavy atom. The number of aliphatic hydroxyl groups is 1. The SMILES string of the molecule is CN(C[C@H]1CC[C@H](n2cc3cc(NC(=O)c4ccc(C(F)(F)F)nn4)c(C(C)(C)O)cc3n2)CC1)C1CCN(c2cccc3c2n(C)c(=O)n3C2CCC(=O)NC2=O)CC1. The molecule has 8 rings (SSSR count). The standard InChI is InChI=1S/C42H49F3N10O5/c1-41(2,60)28-21-30-25(20-31(28)46-38(57)29-12-14-35(49-48-29)42(43,44)45)23-54(50-30)27-10-8-24(9-11-27)22-51(3)26-16-18-53(19-17-26)32-6-5-7-33-37(32)52(4)40(59)55(33)34-13-15-36(56)47-39(34)58/h5-7,12,14,20-21,23-24,26-27,34,60H,8-11,13,15-19,22H2,1-4H3,(H,46,57)(H,47,56,58)/t24-,27-,34?. The number of aryl methyl sites for hydroxylation is 1. The Morgan fingerprint density at radius 2 is 1.72 bits per heavy atom. The number of imide groups is 1. The highest BCUT2D eigenvalue weighted by molar-refractivity contribution is 6.04. The summed E-state index contributed by atoms with van der Waals surface area (Å²) in [6.45, 7) is 5.80. The van der Waals surface area contributed by atoms with Gasteiger partial charge in [0.05, 0.1) is 33.9 Å². The van der Waals surface area contributed by atoms with Crippen LogP contribution in [-0.4, -0.2) is 89.6 Å². The third-order valence-electron chi connectivity index (χ3n) is 12.5. The van der Waals surface area contributed by atoms with Crippen molar-refractivity contribution in [1.29, 1.82) is 0 Å². The lowest BCUT2D eigenvalue weighted by atomic mass is 9.85. The van der Waals surface area contributed by atoms with E-state index in [0.717, 1.165) is 80.8 Å². The average Bonchev–Trinajstić information content (AvgIpc) is 3.74. The van der Waals surface area contributed by atoms with Gasteiger partial charge in [-0.1, -0.05) is 6.07 Å². The van der Waals surface area contributed by atoms with E-state index in [0.29, 0.717) is 46.7 Å². The summed E-state index contributed by atoms with van der Waals surface area (Å²) in [5.41, 5.74) is 0.658. The van der Waals surface area contributed by atoms with Gasteiger partial charge < -0.3 is 20.2 Å². The van der Waals surface area contributed by atoms with E-state index < -0.39 is 35.3 Å². The molecule has 18 heteroatoms.